The molecule has 0 rings (SSSR count). The summed E-state index contributed by atoms with van der Waals surface area (Å²) in [4.78, 5) is 21.6. The Morgan fingerprint density at radius 1 is 1.38 bits per heavy atom. The van der Waals surface area contributed by atoms with Crippen LogP contribution in [0.3, 0.4) is 0 Å². The van der Waals surface area contributed by atoms with Crippen molar-refractivity contribution in [1.29, 1.82) is 0 Å². The SMILES string of the molecule is CC(C)(C)OC(=O)CNC(=O)CCl. The lowest BCUT2D eigenvalue weighted by atomic mass is 10.2. The monoisotopic (exact) mass is 207 g/mol. The van der Waals surface area contributed by atoms with E-state index in [-0.39, 0.29) is 18.3 Å². The summed E-state index contributed by atoms with van der Waals surface area (Å²) in [6.45, 7) is 5.14. The number of carbonyl (C=O) groups excluding carboxylic acids is 2. The number of amides is 1. The van der Waals surface area contributed by atoms with E-state index in [4.69, 9.17) is 16.3 Å². The van der Waals surface area contributed by atoms with Crippen molar-refractivity contribution in [3.63, 3.8) is 0 Å². The van der Waals surface area contributed by atoms with Gasteiger partial charge in [-0.15, -0.1) is 11.6 Å². The second-order valence-corrected chi connectivity index (χ2v) is 3.76. The fourth-order valence-corrected chi connectivity index (χ4v) is 0.690. The fourth-order valence-electron chi connectivity index (χ4n) is 0.596. The van der Waals surface area contributed by atoms with E-state index in [9.17, 15) is 9.59 Å². The Balaban J connectivity index is 3.71. The number of rotatable bonds is 3. The molecule has 0 bridgehead atoms. The van der Waals surface area contributed by atoms with Crippen molar-refractivity contribution in [2.45, 2.75) is 26.4 Å². The molecule has 0 saturated heterocycles. The van der Waals surface area contributed by atoms with Crippen LogP contribution in [0.4, 0.5) is 0 Å². The zero-order valence-electron chi connectivity index (χ0n) is 8.02. The molecule has 1 amide bonds. The van der Waals surface area contributed by atoms with Crippen molar-refractivity contribution in [3.8, 4) is 0 Å². The highest BCUT2D eigenvalue weighted by Gasteiger charge is 2.16. The Hall–Kier alpha value is -0.770. The molecule has 0 aliphatic heterocycles. The van der Waals surface area contributed by atoms with Crippen LogP contribution in [0.5, 0.6) is 0 Å². The topological polar surface area (TPSA) is 55.4 Å². The van der Waals surface area contributed by atoms with Gasteiger partial charge in [0.25, 0.3) is 0 Å². The summed E-state index contributed by atoms with van der Waals surface area (Å²) in [6, 6.07) is 0. The lowest BCUT2D eigenvalue weighted by molar-refractivity contribution is -0.154. The second kappa shape index (κ2) is 5.07. The molecule has 0 unspecified atom stereocenters. The third-order valence-electron chi connectivity index (χ3n) is 0.971. The van der Waals surface area contributed by atoms with Gasteiger partial charge in [0.05, 0.1) is 0 Å². The number of esters is 1. The zero-order chi connectivity index (χ0) is 10.5. The predicted octanol–water partition coefficient (Wildman–Crippen LogP) is 0.683. The van der Waals surface area contributed by atoms with Crippen molar-refractivity contribution in [2.75, 3.05) is 12.4 Å². The summed E-state index contributed by atoms with van der Waals surface area (Å²) in [5, 5.41) is 2.31. The molecule has 1 N–H and O–H groups in total. The summed E-state index contributed by atoms with van der Waals surface area (Å²) in [5.74, 6) is -0.999. The van der Waals surface area contributed by atoms with Gasteiger partial charge in [-0.1, -0.05) is 0 Å². The molecule has 0 radical (unpaired) electrons. The molecule has 0 fully saturated rings. The van der Waals surface area contributed by atoms with Crippen LogP contribution < -0.4 is 5.32 Å². The first kappa shape index (κ1) is 12.2. The van der Waals surface area contributed by atoms with E-state index in [1.807, 2.05) is 0 Å². The van der Waals surface area contributed by atoms with Gasteiger partial charge in [-0.05, 0) is 20.8 Å². The normalized spacial score (nSPS) is 10.8. The summed E-state index contributed by atoms with van der Waals surface area (Å²) >= 11 is 5.20. The smallest absolute Gasteiger partial charge is 0.325 e. The van der Waals surface area contributed by atoms with Crippen LogP contribution in [0.2, 0.25) is 0 Å². The molecule has 5 heteroatoms. The van der Waals surface area contributed by atoms with E-state index >= 15 is 0 Å². The molecule has 0 aliphatic carbocycles. The molecule has 4 nitrogen and oxygen atoms in total. The number of nitrogens with one attached hydrogen (secondary N) is 1. The molecule has 0 heterocycles. The lowest BCUT2D eigenvalue weighted by Gasteiger charge is -2.19. The van der Waals surface area contributed by atoms with Gasteiger partial charge in [-0.25, -0.2) is 0 Å². The van der Waals surface area contributed by atoms with Crippen LogP contribution in [-0.4, -0.2) is 29.9 Å². The molecule has 0 aromatic carbocycles. The van der Waals surface area contributed by atoms with E-state index < -0.39 is 11.6 Å². The first-order valence-electron chi connectivity index (χ1n) is 3.89. The van der Waals surface area contributed by atoms with Crippen molar-refractivity contribution in [2.24, 2.45) is 0 Å². The van der Waals surface area contributed by atoms with Crippen LogP contribution >= 0.6 is 11.6 Å². The quantitative estimate of drug-likeness (QED) is 0.547. The summed E-state index contributed by atoms with van der Waals surface area (Å²) < 4.78 is 4.94. The second-order valence-electron chi connectivity index (χ2n) is 3.50. The average molecular weight is 208 g/mol. The van der Waals surface area contributed by atoms with E-state index in [1.54, 1.807) is 20.8 Å². The maximum Gasteiger partial charge on any atom is 0.325 e. The highest BCUT2D eigenvalue weighted by atomic mass is 35.5. The highest BCUT2D eigenvalue weighted by molar-refractivity contribution is 6.27. The first-order chi connectivity index (χ1) is 5.85. The number of halogens is 1. The maximum atomic E-state index is 11.0. The molecule has 0 aromatic rings. The van der Waals surface area contributed by atoms with Gasteiger partial charge >= 0.3 is 5.97 Å². The van der Waals surface area contributed by atoms with Gasteiger partial charge in [0.2, 0.25) is 5.91 Å². The van der Waals surface area contributed by atoms with Crippen molar-refractivity contribution in [1.82, 2.24) is 5.32 Å². The largest absolute Gasteiger partial charge is 0.459 e. The Kier molecular flexibility index (Phi) is 4.77. The number of ether oxygens (including phenoxy) is 1. The first-order valence-corrected chi connectivity index (χ1v) is 4.43. The summed E-state index contributed by atoms with van der Waals surface area (Å²) in [7, 11) is 0. The number of hydrogen-bond donors (Lipinski definition) is 1. The number of carbonyl (C=O) groups is 2. The number of hydrogen-bond acceptors (Lipinski definition) is 3. The van der Waals surface area contributed by atoms with Crippen LogP contribution in [0, 0.1) is 0 Å². The van der Waals surface area contributed by atoms with Crippen molar-refractivity contribution >= 4 is 23.5 Å². The average Bonchev–Trinajstić information content (AvgIpc) is 1.97. The Morgan fingerprint density at radius 2 is 1.92 bits per heavy atom. The van der Waals surface area contributed by atoms with E-state index in [0.717, 1.165) is 0 Å². The summed E-state index contributed by atoms with van der Waals surface area (Å²) in [6.07, 6.45) is 0. The van der Waals surface area contributed by atoms with Crippen molar-refractivity contribution in [3.05, 3.63) is 0 Å². The fraction of sp³-hybridized carbons (Fsp3) is 0.750. The van der Waals surface area contributed by atoms with E-state index in [0.29, 0.717) is 0 Å². The van der Waals surface area contributed by atoms with E-state index in [2.05, 4.69) is 5.32 Å². The third-order valence-corrected chi connectivity index (χ3v) is 1.21. The molecule has 0 aliphatic rings. The van der Waals surface area contributed by atoms with Crippen LogP contribution in [0.15, 0.2) is 0 Å². The minimum Gasteiger partial charge on any atom is -0.459 e. The minimum atomic E-state index is -0.525. The lowest BCUT2D eigenvalue weighted by Crippen LogP contribution is -2.35. The van der Waals surface area contributed by atoms with Gasteiger partial charge in [0.15, 0.2) is 0 Å². The molecule has 0 saturated carbocycles. The number of alkyl halides is 1. The van der Waals surface area contributed by atoms with Crippen LogP contribution in [-0.2, 0) is 14.3 Å². The van der Waals surface area contributed by atoms with Gasteiger partial charge in [0, 0.05) is 0 Å². The molecule has 0 atom stereocenters. The Bertz CT molecular complexity index is 198. The third kappa shape index (κ3) is 7.59. The predicted molar refractivity (Wildman–Crippen MR) is 49.6 cm³/mol. The molecule has 0 spiro atoms. The maximum absolute atomic E-state index is 11.0. The van der Waals surface area contributed by atoms with E-state index in [1.165, 1.54) is 0 Å². The minimum absolute atomic E-state index is 0.136. The molecular weight excluding hydrogens is 194 g/mol. The van der Waals surface area contributed by atoms with Gasteiger partial charge in [-0.2, -0.15) is 0 Å². The Labute approximate surface area is 82.6 Å². The van der Waals surface area contributed by atoms with Gasteiger partial charge in [0.1, 0.15) is 18.0 Å². The van der Waals surface area contributed by atoms with Crippen LogP contribution in [0.1, 0.15) is 20.8 Å². The Morgan fingerprint density at radius 3 is 2.31 bits per heavy atom. The zero-order valence-corrected chi connectivity index (χ0v) is 8.77. The molecule has 0 aromatic heterocycles. The van der Waals surface area contributed by atoms with Crippen LogP contribution in [0.25, 0.3) is 0 Å². The van der Waals surface area contributed by atoms with Gasteiger partial charge < -0.3 is 10.1 Å². The molecule has 13 heavy (non-hydrogen) atoms. The molecular formula is C8H14ClNO3. The standard InChI is InChI=1S/C8H14ClNO3/c1-8(2,3)13-7(12)5-10-6(11)4-9/h4-5H2,1-3H3,(H,10,11). The summed E-state index contributed by atoms with van der Waals surface area (Å²) in [5.41, 5.74) is -0.525. The van der Waals surface area contributed by atoms with Gasteiger partial charge in [-0.3, -0.25) is 9.59 Å². The van der Waals surface area contributed by atoms with Crippen molar-refractivity contribution < 1.29 is 14.3 Å². The highest BCUT2D eigenvalue weighted by Crippen LogP contribution is 2.05. The molecule has 76 valence electrons.